The van der Waals surface area contributed by atoms with Gasteiger partial charge in [-0.3, -0.25) is 0 Å². The highest BCUT2D eigenvalue weighted by Gasteiger charge is 2.13. The second kappa shape index (κ2) is 4.66. The highest BCUT2D eigenvalue weighted by molar-refractivity contribution is 5.78. The summed E-state index contributed by atoms with van der Waals surface area (Å²) in [5.41, 5.74) is 6.29. The van der Waals surface area contributed by atoms with Crippen LogP contribution in [-0.4, -0.2) is 0 Å². The average Bonchev–Trinajstić information content (AvgIpc) is 2.71. The van der Waals surface area contributed by atoms with Crippen molar-refractivity contribution in [2.75, 3.05) is 0 Å². The Morgan fingerprint density at radius 2 is 2.25 bits per heavy atom. The van der Waals surface area contributed by atoms with E-state index in [2.05, 4.69) is 6.92 Å². The Morgan fingerprint density at radius 3 is 2.94 bits per heavy atom. The van der Waals surface area contributed by atoms with Crippen LogP contribution in [0.5, 0.6) is 0 Å². The van der Waals surface area contributed by atoms with Crippen LogP contribution >= 0.6 is 0 Å². The zero-order chi connectivity index (χ0) is 11.5. The van der Waals surface area contributed by atoms with Gasteiger partial charge in [-0.25, -0.2) is 4.39 Å². The molecule has 0 aliphatic heterocycles. The Hall–Kier alpha value is -1.35. The third-order valence-electron chi connectivity index (χ3n) is 2.75. The van der Waals surface area contributed by atoms with E-state index in [1.165, 1.54) is 6.07 Å². The zero-order valence-corrected chi connectivity index (χ0v) is 9.37. The summed E-state index contributed by atoms with van der Waals surface area (Å²) in [6, 6.07) is 6.60. The second-order valence-corrected chi connectivity index (χ2v) is 4.06. The van der Waals surface area contributed by atoms with E-state index in [4.69, 9.17) is 10.2 Å². The molecule has 0 amide bonds. The molecule has 0 aliphatic rings. The molecule has 2 nitrogen and oxygen atoms in total. The van der Waals surface area contributed by atoms with Gasteiger partial charge in [-0.2, -0.15) is 0 Å². The number of para-hydroxylation sites is 1. The summed E-state index contributed by atoms with van der Waals surface area (Å²) in [4.78, 5) is 0. The lowest BCUT2D eigenvalue weighted by atomic mass is 10.1. The van der Waals surface area contributed by atoms with Gasteiger partial charge in [-0.1, -0.05) is 31.9 Å². The van der Waals surface area contributed by atoms with E-state index in [0.717, 1.165) is 24.6 Å². The molecule has 0 radical (unpaired) electrons. The average molecular weight is 221 g/mol. The summed E-state index contributed by atoms with van der Waals surface area (Å²) in [5.74, 6) is 0.347. The number of benzene rings is 1. The molecule has 1 heterocycles. The normalized spacial score (nSPS) is 13.2. The molecule has 1 aromatic heterocycles. The van der Waals surface area contributed by atoms with E-state index < -0.39 is 0 Å². The molecule has 0 saturated carbocycles. The number of nitrogens with two attached hydrogens (primary N) is 1. The smallest absolute Gasteiger partial charge is 0.169 e. The Kier molecular flexibility index (Phi) is 3.25. The van der Waals surface area contributed by atoms with Crippen LogP contribution in [0.25, 0.3) is 11.0 Å². The number of hydrogen-bond donors (Lipinski definition) is 1. The Labute approximate surface area is 94.2 Å². The van der Waals surface area contributed by atoms with Crippen LogP contribution in [0.3, 0.4) is 0 Å². The van der Waals surface area contributed by atoms with Crippen molar-refractivity contribution in [3.8, 4) is 0 Å². The van der Waals surface area contributed by atoms with Crippen LogP contribution < -0.4 is 5.73 Å². The summed E-state index contributed by atoms with van der Waals surface area (Å²) in [6.45, 7) is 2.12. The first-order valence-electron chi connectivity index (χ1n) is 5.66. The number of fused-ring (bicyclic) bond motifs is 1. The highest BCUT2D eigenvalue weighted by Crippen LogP contribution is 2.26. The molecule has 0 fully saturated rings. The van der Waals surface area contributed by atoms with Gasteiger partial charge in [0.25, 0.3) is 0 Å². The highest BCUT2D eigenvalue weighted by atomic mass is 19.1. The number of rotatable bonds is 4. The zero-order valence-electron chi connectivity index (χ0n) is 9.37. The van der Waals surface area contributed by atoms with Crippen molar-refractivity contribution in [3.05, 3.63) is 35.8 Å². The van der Waals surface area contributed by atoms with E-state index in [1.807, 2.05) is 12.1 Å². The molecule has 0 saturated heterocycles. The predicted octanol–water partition coefficient (Wildman–Crippen LogP) is 3.76. The van der Waals surface area contributed by atoms with Crippen molar-refractivity contribution >= 4 is 11.0 Å². The molecular weight excluding hydrogens is 205 g/mol. The topological polar surface area (TPSA) is 39.2 Å². The Balaban J connectivity index is 2.29. The molecule has 2 rings (SSSR count). The molecule has 2 N–H and O–H groups in total. The van der Waals surface area contributed by atoms with Crippen molar-refractivity contribution in [3.63, 3.8) is 0 Å². The molecule has 1 unspecified atom stereocenters. The van der Waals surface area contributed by atoms with Crippen LogP contribution in [-0.2, 0) is 0 Å². The predicted molar refractivity (Wildman–Crippen MR) is 62.6 cm³/mol. The van der Waals surface area contributed by atoms with Crippen molar-refractivity contribution in [1.29, 1.82) is 0 Å². The number of furan rings is 1. The van der Waals surface area contributed by atoms with Crippen LogP contribution in [0, 0.1) is 5.82 Å². The summed E-state index contributed by atoms with van der Waals surface area (Å²) in [5, 5.41) is 0.780. The first-order chi connectivity index (χ1) is 7.72. The minimum Gasteiger partial charge on any atom is -0.456 e. The lowest BCUT2D eigenvalue weighted by molar-refractivity contribution is 0.457. The van der Waals surface area contributed by atoms with Gasteiger partial charge >= 0.3 is 0 Å². The maximum absolute atomic E-state index is 13.4. The van der Waals surface area contributed by atoms with Gasteiger partial charge in [0.05, 0.1) is 6.04 Å². The number of halogens is 1. The molecule has 1 atom stereocenters. The van der Waals surface area contributed by atoms with Gasteiger partial charge in [0.2, 0.25) is 0 Å². The first kappa shape index (κ1) is 11.1. The molecule has 86 valence electrons. The minimum atomic E-state index is -0.327. The summed E-state index contributed by atoms with van der Waals surface area (Å²) < 4.78 is 18.8. The SMILES string of the molecule is CCCCC(N)c1cc2cccc(F)c2o1. The Bertz CT molecular complexity index is 478. The van der Waals surface area contributed by atoms with Gasteiger partial charge in [0, 0.05) is 5.39 Å². The minimum absolute atomic E-state index is 0.133. The monoisotopic (exact) mass is 221 g/mol. The van der Waals surface area contributed by atoms with Crippen molar-refractivity contribution in [1.82, 2.24) is 0 Å². The van der Waals surface area contributed by atoms with E-state index in [0.29, 0.717) is 11.3 Å². The fraction of sp³-hybridized carbons (Fsp3) is 0.385. The van der Waals surface area contributed by atoms with Gasteiger partial charge in [-0.05, 0) is 18.6 Å². The van der Waals surface area contributed by atoms with Crippen LogP contribution in [0.1, 0.15) is 38.0 Å². The van der Waals surface area contributed by atoms with Crippen molar-refractivity contribution in [2.24, 2.45) is 5.73 Å². The molecule has 0 spiro atoms. The van der Waals surface area contributed by atoms with Gasteiger partial charge in [0.15, 0.2) is 11.4 Å². The van der Waals surface area contributed by atoms with Crippen LogP contribution in [0.4, 0.5) is 4.39 Å². The summed E-state index contributed by atoms with van der Waals surface area (Å²) in [6.07, 6.45) is 3.03. The quantitative estimate of drug-likeness (QED) is 0.853. The fourth-order valence-electron chi connectivity index (χ4n) is 1.80. The third-order valence-corrected chi connectivity index (χ3v) is 2.75. The molecule has 3 heteroatoms. The van der Waals surface area contributed by atoms with Gasteiger partial charge in [0.1, 0.15) is 5.76 Å². The van der Waals surface area contributed by atoms with E-state index >= 15 is 0 Å². The molecule has 16 heavy (non-hydrogen) atoms. The van der Waals surface area contributed by atoms with Crippen molar-refractivity contribution < 1.29 is 8.81 Å². The van der Waals surface area contributed by atoms with E-state index in [9.17, 15) is 4.39 Å². The molecule has 0 bridgehead atoms. The van der Waals surface area contributed by atoms with Gasteiger partial charge in [-0.15, -0.1) is 0 Å². The number of unbranched alkanes of at least 4 members (excludes halogenated alkanes) is 1. The van der Waals surface area contributed by atoms with Gasteiger partial charge < -0.3 is 10.2 Å². The Morgan fingerprint density at radius 1 is 1.44 bits per heavy atom. The third kappa shape index (κ3) is 2.09. The molecule has 2 aromatic rings. The van der Waals surface area contributed by atoms with Crippen molar-refractivity contribution in [2.45, 2.75) is 32.2 Å². The lowest BCUT2D eigenvalue weighted by Crippen LogP contribution is -2.08. The standard InChI is InChI=1S/C13H16FNO/c1-2-3-7-11(15)12-8-9-5-4-6-10(14)13(9)16-12/h4-6,8,11H,2-3,7,15H2,1H3. The second-order valence-electron chi connectivity index (χ2n) is 4.06. The van der Waals surface area contributed by atoms with Crippen LogP contribution in [0.2, 0.25) is 0 Å². The maximum Gasteiger partial charge on any atom is 0.169 e. The lowest BCUT2D eigenvalue weighted by Gasteiger charge is -2.06. The molecule has 0 aliphatic carbocycles. The maximum atomic E-state index is 13.4. The van der Waals surface area contributed by atoms with Crippen LogP contribution in [0.15, 0.2) is 28.7 Å². The summed E-state index contributed by atoms with van der Waals surface area (Å²) in [7, 11) is 0. The van der Waals surface area contributed by atoms with E-state index in [1.54, 1.807) is 6.07 Å². The largest absolute Gasteiger partial charge is 0.456 e. The van der Waals surface area contributed by atoms with E-state index in [-0.39, 0.29) is 11.9 Å². The number of hydrogen-bond acceptors (Lipinski definition) is 2. The summed E-state index contributed by atoms with van der Waals surface area (Å²) >= 11 is 0. The fourth-order valence-corrected chi connectivity index (χ4v) is 1.80. The molecule has 1 aromatic carbocycles. The molecular formula is C13H16FNO. The first-order valence-corrected chi connectivity index (χ1v) is 5.66.